The molecule has 1 aliphatic heterocycles. The van der Waals surface area contributed by atoms with Crippen molar-refractivity contribution in [2.45, 2.75) is 6.92 Å². The van der Waals surface area contributed by atoms with Crippen molar-refractivity contribution in [1.82, 2.24) is 4.90 Å². The maximum atomic E-state index is 12.8. The highest BCUT2D eigenvalue weighted by Crippen LogP contribution is 2.35. The Morgan fingerprint density at radius 2 is 1.80 bits per heavy atom. The van der Waals surface area contributed by atoms with Crippen molar-refractivity contribution < 1.29 is 19.1 Å². The number of hydrogen-bond acceptors (Lipinski definition) is 5. The minimum atomic E-state index is -0.294. The number of rotatable bonds is 6. The van der Waals surface area contributed by atoms with Crippen LogP contribution in [0.1, 0.15) is 11.1 Å². The number of aryl methyl sites for hydroxylation is 1. The first-order valence-electron chi connectivity index (χ1n) is 9.57. The monoisotopic (exact) mass is 419 g/mol. The van der Waals surface area contributed by atoms with Gasteiger partial charge in [0.1, 0.15) is 18.1 Å². The van der Waals surface area contributed by atoms with E-state index < -0.39 is 0 Å². The SMILES string of the molecule is COc1ccc(/C=C2\SC(=O)N(CCOc3cccc(C)c3)C2=O)c2ccccc12. The van der Waals surface area contributed by atoms with Gasteiger partial charge in [0, 0.05) is 5.39 Å². The first-order chi connectivity index (χ1) is 14.6. The van der Waals surface area contributed by atoms with Crippen LogP contribution < -0.4 is 9.47 Å². The number of ether oxygens (including phenoxy) is 2. The standard InChI is InChI=1S/C24H21NO4S/c1-16-6-5-7-18(14-16)29-13-12-25-23(26)22(30-24(25)27)15-17-10-11-21(28-2)20-9-4-3-8-19(17)20/h3-11,14-15H,12-13H2,1-2H3/b22-15-. The minimum absolute atomic E-state index is 0.208. The summed E-state index contributed by atoms with van der Waals surface area (Å²) in [4.78, 5) is 26.9. The highest BCUT2D eigenvalue weighted by Gasteiger charge is 2.34. The van der Waals surface area contributed by atoms with Gasteiger partial charge in [-0.3, -0.25) is 14.5 Å². The second kappa shape index (κ2) is 8.63. The maximum absolute atomic E-state index is 12.8. The third-order valence-corrected chi connectivity index (χ3v) is 5.78. The molecule has 0 unspecified atom stereocenters. The summed E-state index contributed by atoms with van der Waals surface area (Å²) in [6.07, 6.45) is 1.77. The Morgan fingerprint density at radius 3 is 2.57 bits per heavy atom. The molecule has 1 heterocycles. The van der Waals surface area contributed by atoms with Gasteiger partial charge in [-0.15, -0.1) is 0 Å². The number of benzene rings is 3. The average Bonchev–Trinajstić information content (AvgIpc) is 3.01. The Kier molecular flexibility index (Phi) is 5.77. The van der Waals surface area contributed by atoms with Crippen LogP contribution in [0, 0.1) is 6.92 Å². The van der Waals surface area contributed by atoms with Gasteiger partial charge < -0.3 is 9.47 Å². The quantitative estimate of drug-likeness (QED) is 0.509. The molecule has 1 aliphatic rings. The van der Waals surface area contributed by atoms with E-state index in [9.17, 15) is 9.59 Å². The van der Waals surface area contributed by atoms with Gasteiger partial charge >= 0.3 is 0 Å². The normalized spacial score (nSPS) is 15.3. The van der Waals surface area contributed by atoms with Crippen LogP contribution in [0.2, 0.25) is 0 Å². The van der Waals surface area contributed by atoms with E-state index >= 15 is 0 Å². The summed E-state index contributed by atoms with van der Waals surface area (Å²) in [6, 6.07) is 19.3. The fourth-order valence-electron chi connectivity index (χ4n) is 3.39. The molecule has 0 aliphatic carbocycles. The molecule has 0 bridgehead atoms. The van der Waals surface area contributed by atoms with E-state index in [1.54, 1.807) is 13.2 Å². The molecule has 3 aromatic rings. The lowest BCUT2D eigenvalue weighted by atomic mass is 10.0. The zero-order chi connectivity index (χ0) is 21.1. The summed E-state index contributed by atoms with van der Waals surface area (Å²) in [5.41, 5.74) is 1.96. The molecule has 2 amide bonds. The van der Waals surface area contributed by atoms with Crippen LogP contribution in [-0.4, -0.2) is 36.3 Å². The molecule has 152 valence electrons. The minimum Gasteiger partial charge on any atom is -0.496 e. The van der Waals surface area contributed by atoms with E-state index in [-0.39, 0.29) is 24.3 Å². The molecule has 3 aromatic carbocycles. The van der Waals surface area contributed by atoms with Gasteiger partial charge in [-0.05, 0) is 59.5 Å². The molecule has 6 heteroatoms. The Hall–Kier alpha value is -3.25. The molecule has 0 radical (unpaired) electrons. The number of thioether (sulfide) groups is 1. The number of methoxy groups -OCH3 is 1. The van der Waals surface area contributed by atoms with E-state index in [0.717, 1.165) is 45.2 Å². The highest BCUT2D eigenvalue weighted by molar-refractivity contribution is 8.18. The van der Waals surface area contributed by atoms with Crippen molar-refractivity contribution in [3.8, 4) is 11.5 Å². The Balaban J connectivity index is 1.51. The number of fused-ring (bicyclic) bond motifs is 1. The predicted octanol–water partition coefficient (Wildman–Crippen LogP) is 5.27. The third kappa shape index (κ3) is 4.04. The second-order valence-electron chi connectivity index (χ2n) is 6.90. The first-order valence-corrected chi connectivity index (χ1v) is 10.4. The topological polar surface area (TPSA) is 55.8 Å². The molecule has 5 nitrogen and oxygen atoms in total. The molecule has 1 saturated heterocycles. The van der Waals surface area contributed by atoms with Crippen LogP contribution in [0.4, 0.5) is 4.79 Å². The molecule has 0 aromatic heterocycles. The summed E-state index contributed by atoms with van der Waals surface area (Å²) in [6.45, 7) is 2.44. The largest absolute Gasteiger partial charge is 0.496 e. The third-order valence-electron chi connectivity index (χ3n) is 4.87. The van der Waals surface area contributed by atoms with E-state index in [2.05, 4.69) is 0 Å². The molecule has 1 fully saturated rings. The van der Waals surface area contributed by atoms with Crippen LogP contribution in [-0.2, 0) is 4.79 Å². The van der Waals surface area contributed by atoms with Crippen molar-refractivity contribution >= 4 is 39.8 Å². The van der Waals surface area contributed by atoms with Crippen LogP contribution >= 0.6 is 11.8 Å². The van der Waals surface area contributed by atoms with Crippen molar-refractivity contribution in [2.24, 2.45) is 0 Å². The summed E-state index contributed by atoms with van der Waals surface area (Å²) >= 11 is 0.956. The van der Waals surface area contributed by atoms with Gasteiger partial charge in [0.25, 0.3) is 11.1 Å². The fraction of sp³-hybridized carbons (Fsp3) is 0.167. The molecule has 0 N–H and O–H groups in total. The smallest absolute Gasteiger partial charge is 0.293 e. The van der Waals surface area contributed by atoms with Crippen molar-refractivity contribution in [2.75, 3.05) is 20.3 Å². The van der Waals surface area contributed by atoms with Crippen molar-refractivity contribution in [1.29, 1.82) is 0 Å². The summed E-state index contributed by atoms with van der Waals surface area (Å²) in [5, 5.41) is 1.64. The van der Waals surface area contributed by atoms with E-state index in [1.807, 2.05) is 67.6 Å². The number of amides is 2. The average molecular weight is 420 g/mol. The molecule has 0 atom stereocenters. The van der Waals surface area contributed by atoms with Crippen LogP contribution in [0.15, 0.2) is 65.6 Å². The van der Waals surface area contributed by atoms with E-state index in [4.69, 9.17) is 9.47 Å². The fourth-order valence-corrected chi connectivity index (χ4v) is 4.25. The number of nitrogens with zero attached hydrogens (tertiary/aromatic N) is 1. The Morgan fingerprint density at radius 1 is 1.00 bits per heavy atom. The predicted molar refractivity (Wildman–Crippen MR) is 120 cm³/mol. The Labute approximate surface area is 179 Å². The van der Waals surface area contributed by atoms with Crippen molar-refractivity contribution in [3.05, 3.63) is 76.7 Å². The number of carbonyl (C=O) groups excluding carboxylic acids is 2. The lowest BCUT2D eigenvalue weighted by Gasteiger charge is -2.13. The number of imide groups is 1. The summed E-state index contributed by atoms with van der Waals surface area (Å²) in [5.74, 6) is 1.20. The van der Waals surface area contributed by atoms with Gasteiger partial charge in [0.05, 0.1) is 18.6 Å². The van der Waals surface area contributed by atoms with Crippen LogP contribution in [0.5, 0.6) is 11.5 Å². The molecule has 4 rings (SSSR count). The van der Waals surface area contributed by atoms with Gasteiger partial charge in [0.2, 0.25) is 0 Å². The molecule has 0 spiro atoms. The van der Waals surface area contributed by atoms with E-state index in [1.165, 1.54) is 4.90 Å². The van der Waals surface area contributed by atoms with Crippen molar-refractivity contribution in [3.63, 3.8) is 0 Å². The first kappa shape index (κ1) is 20.0. The Bertz CT molecular complexity index is 1150. The van der Waals surface area contributed by atoms with E-state index in [0.29, 0.717) is 4.91 Å². The second-order valence-corrected chi connectivity index (χ2v) is 7.89. The molecule has 30 heavy (non-hydrogen) atoms. The summed E-state index contributed by atoms with van der Waals surface area (Å²) < 4.78 is 11.1. The van der Waals surface area contributed by atoms with Gasteiger partial charge in [0.15, 0.2) is 0 Å². The van der Waals surface area contributed by atoms with Crippen LogP contribution in [0.25, 0.3) is 16.8 Å². The zero-order valence-electron chi connectivity index (χ0n) is 16.8. The lowest BCUT2D eigenvalue weighted by molar-refractivity contribution is -0.123. The zero-order valence-corrected chi connectivity index (χ0v) is 17.6. The molecular weight excluding hydrogens is 398 g/mol. The lowest BCUT2D eigenvalue weighted by Crippen LogP contribution is -2.32. The number of hydrogen-bond donors (Lipinski definition) is 0. The van der Waals surface area contributed by atoms with Gasteiger partial charge in [-0.25, -0.2) is 0 Å². The van der Waals surface area contributed by atoms with Crippen LogP contribution in [0.3, 0.4) is 0 Å². The summed E-state index contributed by atoms with van der Waals surface area (Å²) in [7, 11) is 1.63. The molecular formula is C24H21NO4S. The number of carbonyl (C=O) groups is 2. The molecule has 0 saturated carbocycles. The highest BCUT2D eigenvalue weighted by atomic mass is 32.2. The van der Waals surface area contributed by atoms with Gasteiger partial charge in [-0.1, -0.05) is 42.5 Å². The maximum Gasteiger partial charge on any atom is 0.293 e. The van der Waals surface area contributed by atoms with Gasteiger partial charge in [-0.2, -0.15) is 0 Å².